The van der Waals surface area contributed by atoms with E-state index in [-0.39, 0.29) is 11.4 Å². The third kappa shape index (κ3) is 2.97. The molecule has 122 valence electrons. The maximum atomic E-state index is 12.4. The van der Waals surface area contributed by atoms with Crippen LogP contribution in [0.3, 0.4) is 0 Å². The van der Waals surface area contributed by atoms with E-state index in [1.165, 1.54) is 4.88 Å². The van der Waals surface area contributed by atoms with Gasteiger partial charge in [0.15, 0.2) is 0 Å². The summed E-state index contributed by atoms with van der Waals surface area (Å²) < 4.78 is 32.5. The van der Waals surface area contributed by atoms with Crippen molar-refractivity contribution in [2.45, 2.75) is 30.7 Å². The number of nitrogens with zero attached hydrogens (tertiary/aromatic N) is 2. The summed E-state index contributed by atoms with van der Waals surface area (Å²) in [6.07, 6.45) is 1.74. The quantitative estimate of drug-likeness (QED) is 0.829. The molecular formula is C15H22N2O3S2. The molecule has 0 bridgehead atoms. The molecule has 0 spiro atoms. The first-order valence-electron chi connectivity index (χ1n) is 7.98. The number of thiophene rings is 1. The number of sulfonamides is 1. The van der Waals surface area contributed by atoms with Gasteiger partial charge in [0.05, 0.1) is 18.0 Å². The Bertz CT molecular complexity index is 613. The molecule has 0 N–H and O–H groups in total. The predicted molar refractivity (Wildman–Crippen MR) is 86.3 cm³/mol. The van der Waals surface area contributed by atoms with Crippen molar-refractivity contribution in [3.8, 4) is 0 Å². The normalized spacial score (nSPS) is 31.1. The van der Waals surface area contributed by atoms with E-state index < -0.39 is 10.0 Å². The van der Waals surface area contributed by atoms with Gasteiger partial charge < -0.3 is 4.74 Å². The van der Waals surface area contributed by atoms with Gasteiger partial charge in [0.1, 0.15) is 0 Å². The Morgan fingerprint density at radius 3 is 2.86 bits per heavy atom. The second-order valence-corrected chi connectivity index (χ2v) is 9.79. The smallest absolute Gasteiger partial charge is 0.217 e. The zero-order valence-corrected chi connectivity index (χ0v) is 14.2. The summed E-state index contributed by atoms with van der Waals surface area (Å²) in [7, 11) is -3.07. The molecule has 2 aliphatic heterocycles. The molecule has 3 fully saturated rings. The van der Waals surface area contributed by atoms with Gasteiger partial charge in [0.2, 0.25) is 10.0 Å². The monoisotopic (exact) mass is 342 g/mol. The van der Waals surface area contributed by atoms with Crippen LogP contribution in [0.15, 0.2) is 17.5 Å². The standard InChI is InChI=1S/C15H22N2O3S2/c18-22(19,14-3-4-14)17-9-12-8-16(5-6-20-15(12)11-17)10-13-2-1-7-21-13/h1-2,7,12,14-15H,3-6,8-11H2/t12-,15+/m0/s1. The maximum Gasteiger partial charge on any atom is 0.217 e. The second kappa shape index (κ2) is 5.87. The van der Waals surface area contributed by atoms with Gasteiger partial charge in [-0.05, 0) is 24.3 Å². The molecule has 0 radical (unpaired) electrons. The van der Waals surface area contributed by atoms with Crippen LogP contribution in [0.1, 0.15) is 17.7 Å². The van der Waals surface area contributed by atoms with Crippen LogP contribution in [0.5, 0.6) is 0 Å². The lowest BCUT2D eigenvalue weighted by atomic mass is 10.1. The minimum atomic E-state index is -3.07. The lowest BCUT2D eigenvalue weighted by Crippen LogP contribution is -2.35. The molecule has 22 heavy (non-hydrogen) atoms. The van der Waals surface area contributed by atoms with E-state index in [2.05, 4.69) is 22.4 Å². The summed E-state index contributed by atoms with van der Waals surface area (Å²) in [5.41, 5.74) is 0. The van der Waals surface area contributed by atoms with Crippen LogP contribution in [-0.4, -0.2) is 61.8 Å². The van der Waals surface area contributed by atoms with Crippen molar-refractivity contribution in [3.63, 3.8) is 0 Å². The van der Waals surface area contributed by atoms with Crippen LogP contribution in [0, 0.1) is 5.92 Å². The number of ether oxygens (including phenoxy) is 1. The first-order valence-corrected chi connectivity index (χ1v) is 10.4. The lowest BCUT2D eigenvalue weighted by molar-refractivity contribution is 0.0546. The van der Waals surface area contributed by atoms with E-state index in [1.54, 1.807) is 15.6 Å². The minimum Gasteiger partial charge on any atom is -0.375 e. The van der Waals surface area contributed by atoms with Crippen LogP contribution >= 0.6 is 11.3 Å². The van der Waals surface area contributed by atoms with Crippen molar-refractivity contribution < 1.29 is 13.2 Å². The van der Waals surface area contributed by atoms with Crippen LogP contribution in [0.2, 0.25) is 0 Å². The molecule has 1 saturated carbocycles. The Hall–Kier alpha value is -0.470. The van der Waals surface area contributed by atoms with Crippen molar-refractivity contribution in [3.05, 3.63) is 22.4 Å². The lowest BCUT2D eigenvalue weighted by Gasteiger charge is -2.22. The average Bonchev–Trinajstić information content (AvgIpc) is 3.16. The van der Waals surface area contributed by atoms with Crippen molar-refractivity contribution in [1.82, 2.24) is 9.21 Å². The molecule has 3 aliphatic rings. The Morgan fingerprint density at radius 1 is 1.27 bits per heavy atom. The van der Waals surface area contributed by atoms with E-state index in [4.69, 9.17) is 4.74 Å². The fourth-order valence-corrected chi connectivity index (χ4v) is 6.13. The Labute approximate surface area is 135 Å². The zero-order chi connectivity index (χ0) is 15.2. The van der Waals surface area contributed by atoms with Gasteiger partial charge in [-0.3, -0.25) is 4.90 Å². The van der Waals surface area contributed by atoms with E-state index in [0.717, 1.165) is 32.5 Å². The van der Waals surface area contributed by atoms with Crippen molar-refractivity contribution in [2.24, 2.45) is 5.92 Å². The summed E-state index contributed by atoms with van der Waals surface area (Å²) in [6, 6.07) is 4.24. The number of hydrogen-bond donors (Lipinski definition) is 0. The van der Waals surface area contributed by atoms with Gasteiger partial charge in [-0.2, -0.15) is 4.31 Å². The molecule has 1 aromatic heterocycles. The van der Waals surface area contributed by atoms with Crippen LogP contribution in [0.4, 0.5) is 0 Å². The highest BCUT2D eigenvalue weighted by molar-refractivity contribution is 7.90. The summed E-state index contributed by atoms with van der Waals surface area (Å²) in [5.74, 6) is 0.302. The molecule has 2 saturated heterocycles. The second-order valence-electron chi connectivity index (χ2n) is 6.55. The Kier molecular flexibility index (Phi) is 4.02. The SMILES string of the molecule is O=S(=O)(C1CC1)N1C[C@@H]2CN(Cc3cccs3)CCO[C@@H]2C1. The molecule has 5 nitrogen and oxygen atoms in total. The molecule has 0 unspecified atom stereocenters. The van der Waals surface area contributed by atoms with Crippen molar-refractivity contribution >= 4 is 21.4 Å². The van der Waals surface area contributed by atoms with E-state index in [9.17, 15) is 8.42 Å². The summed E-state index contributed by atoms with van der Waals surface area (Å²) in [5, 5.41) is 1.99. The molecule has 3 heterocycles. The van der Waals surface area contributed by atoms with Gasteiger partial charge in [-0.1, -0.05) is 6.07 Å². The van der Waals surface area contributed by atoms with Gasteiger partial charge in [0.25, 0.3) is 0 Å². The topological polar surface area (TPSA) is 49.9 Å². The van der Waals surface area contributed by atoms with E-state index in [1.807, 2.05) is 0 Å². The molecule has 0 amide bonds. The Balaban J connectivity index is 1.43. The highest BCUT2D eigenvalue weighted by atomic mass is 32.2. The number of hydrogen-bond acceptors (Lipinski definition) is 5. The highest BCUT2D eigenvalue weighted by Gasteiger charge is 2.46. The molecule has 7 heteroatoms. The number of fused-ring (bicyclic) bond motifs is 1. The van der Waals surface area contributed by atoms with Gasteiger partial charge in [-0.25, -0.2) is 8.42 Å². The summed E-state index contributed by atoms with van der Waals surface area (Å²) in [4.78, 5) is 3.77. The highest BCUT2D eigenvalue weighted by Crippen LogP contribution is 2.35. The number of rotatable bonds is 4. The fourth-order valence-electron chi connectivity index (χ4n) is 3.47. The maximum absolute atomic E-state index is 12.4. The average molecular weight is 342 g/mol. The zero-order valence-electron chi connectivity index (χ0n) is 12.6. The fraction of sp³-hybridized carbons (Fsp3) is 0.733. The van der Waals surface area contributed by atoms with E-state index >= 15 is 0 Å². The molecule has 2 atom stereocenters. The third-order valence-corrected chi connectivity index (χ3v) is 8.04. The first-order chi connectivity index (χ1) is 10.6. The molecule has 4 rings (SSSR count). The Morgan fingerprint density at radius 2 is 2.14 bits per heavy atom. The van der Waals surface area contributed by atoms with Crippen molar-refractivity contribution in [2.75, 3.05) is 32.8 Å². The van der Waals surface area contributed by atoms with Crippen molar-refractivity contribution in [1.29, 1.82) is 0 Å². The first kappa shape index (κ1) is 15.1. The van der Waals surface area contributed by atoms with Gasteiger partial charge in [-0.15, -0.1) is 11.3 Å². The molecule has 1 aromatic rings. The third-order valence-electron chi connectivity index (χ3n) is 4.84. The van der Waals surface area contributed by atoms with Crippen LogP contribution < -0.4 is 0 Å². The van der Waals surface area contributed by atoms with Gasteiger partial charge >= 0.3 is 0 Å². The summed E-state index contributed by atoms with van der Waals surface area (Å²) in [6.45, 7) is 4.68. The predicted octanol–water partition coefficient (Wildman–Crippen LogP) is 1.37. The molecular weight excluding hydrogens is 320 g/mol. The van der Waals surface area contributed by atoms with Gasteiger partial charge in [0, 0.05) is 43.5 Å². The minimum absolute atomic E-state index is 0.0712. The van der Waals surface area contributed by atoms with E-state index in [0.29, 0.717) is 25.6 Å². The molecule has 1 aliphatic carbocycles. The largest absolute Gasteiger partial charge is 0.375 e. The summed E-state index contributed by atoms with van der Waals surface area (Å²) >= 11 is 1.78. The van der Waals surface area contributed by atoms with Crippen LogP contribution in [0.25, 0.3) is 0 Å². The van der Waals surface area contributed by atoms with Crippen LogP contribution in [-0.2, 0) is 21.3 Å². The molecule has 0 aromatic carbocycles.